The number of anilines is 2. The smallest absolute Gasteiger partial charge is 0.270 e. The fourth-order valence-electron chi connectivity index (χ4n) is 2.50. The zero-order chi connectivity index (χ0) is 18.4. The maximum Gasteiger partial charge on any atom is 0.270 e. The van der Waals surface area contributed by atoms with Crippen LogP contribution < -0.4 is 10.6 Å². The Hall–Kier alpha value is -2.92. The standard InChI is InChI=1S/C20H19ClN4O/c1-14-4-2-7-17(12-14)24-20-23-11-9-18(25-20)19(26)22-10-8-15-5-3-6-16(21)13-15/h2-7,9,11-13H,8,10H2,1H3,(H,22,26)(H,23,24,25). The largest absolute Gasteiger partial charge is 0.350 e. The van der Waals surface area contributed by atoms with Crippen molar-refractivity contribution in [2.24, 2.45) is 0 Å². The number of carbonyl (C=O) groups excluding carboxylic acids is 1. The molecular formula is C20H19ClN4O. The number of aryl methyl sites for hydroxylation is 1. The second kappa shape index (κ2) is 8.45. The highest BCUT2D eigenvalue weighted by Crippen LogP contribution is 2.14. The summed E-state index contributed by atoms with van der Waals surface area (Å²) in [5, 5.41) is 6.67. The molecule has 26 heavy (non-hydrogen) atoms. The molecule has 0 unspecified atom stereocenters. The van der Waals surface area contributed by atoms with Gasteiger partial charge in [-0.25, -0.2) is 9.97 Å². The molecule has 0 saturated heterocycles. The lowest BCUT2D eigenvalue weighted by Crippen LogP contribution is -2.26. The number of halogens is 1. The molecule has 5 nitrogen and oxygen atoms in total. The van der Waals surface area contributed by atoms with Crippen LogP contribution in [0.25, 0.3) is 0 Å². The minimum absolute atomic E-state index is 0.235. The maximum absolute atomic E-state index is 12.3. The average Bonchev–Trinajstić information content (AvgIpc) is 2.62. The first-order chi connectivity index (χ1) is 12.6. The number of hydrogen-bond donors (Lipinski definition) is 2. The van der Waals surface area contributed by atoms with Crippen LogP contribution in [-0.4, -0.2) is 22.4 Å². The maximum atomic E-state index is 12.3. The molecule has 3 aromatic rings. The van der Waals surface area contributed by atoms with Gasteiger partial charge in [0.25, 0.3) is 5.91 Å². The third kappa shape index (κ3) is 5.04. The van der Waals surface area contributed by atoms with Crippen LogP contribution in [0.5, 0.6) is 0 Å². The van der Waals surface area contributed by atoms with E-state index in [4.69, 9.17) is 11.6 Å². The van der Waals surface area contributed by atoms with E-state index in [1.54, 1.807) is 12.3 Å². The second-order valence-corrected chi connectivity index (χ2v) is 6.33. The molecule has 0 atom stereocenters. The molecule has 0 aliphatic heterocycles. The Labute approximate surface area is 157 Å². The van der Waals surface area contributed by atoms with Crippen molar-refractivity contribution in [3.63, 3.8) is 0 Å². The van der Waals surface area contributed by atoms with Gasteiger partial charge in [-0.1, -0.05) is 35.9 Å². The van der Waals surface area contributed by atoms with E-state index in [-0.39, 0.29) is 5.91 Å². The highest BCUT2D eigenvalue weighted by Gasteiger charge is 2.09. The molecule has 132 valence electrons. The fraction of sp³-hybridized carbons (Fsp3) is 0.150. The fourth-order valence-corrected chi connectivity index (χ4v) is 2.71. The summed E-state index contributed by atoms with van der Waals surface area (Å²) in [5.74, 6) is 0.153. The van der Waals surface area contributed by atoms with Crippen molar-refractivity contribution in [2.45, 2.75) is 13.3 Å². The summed E-state index contributed by atoms with van der Waals surface area (Å²) in [7, 11) is 0. The van der Waals surface area contributed by atoms with Gasteiger partial charge >= 0.3 is 0 Å². The SMILES string of the molecule is Cc1cccc(Nc2nccc(C(=O)NCCc3cccc(Cl)c3)n2)c1. The number of benzene rings is 2. The van der Waals surface area contributed by atoms with Crippen molar-refractivity contribution in [3.8, 4) is 0 Å². The van der Waals surface area contributed by atoms with Gasteiger partial charge in [-0.2, -0.15) is 0 Å². The summed E-state index contributed by atoms with van der Waals surface area (Å²) in [6.07, 6.45) is 2.27. The Morgan fingerprint density at radius 2 is 1.96 bits per heavy atom. The van der Waals surface area contributed by atoms with Crippen molar-refractivity contribution in [2.75, 3.05) is 11.9 Å². The van der Waals surface area contributed by atoms with E-state index in [1.807, 2.05) is 55.5 Å². The molecule has 0 aliphatic rings. The minimum atomic E-state index is -0.235. The van der Waals surface area contributed by atoms with Crippen LogP contribution >= 0.6 is 11.6 Å². The lowest BCUT2D eigenvalue weighted by atomic mass is 10.1. The van der Waals surface area contributed by atoms with Crippen LogP contribution in [0.1, 0.15) is 21.6 Å². The lowest BCUT2D eigenvalue weighted by molar-refractivity contribution is 0.0949. The summed E-state index contributed by atoms with van der Waals surface area (Å²) < 4.78 is 0. The zero-order valence-corrected chi connectivity index (χ0v) is 15.1. The molecule has 1 aromatic heterocycles. The molecule has 1 heterocycles. The molecule has 2 N–H and O–H groups in total. The number of amides is 1. The average molecular weight is 367 g/mol. The first kappa shape index (κ1) is 17.9. The number of nitrogens with one attached hydrogen (secondary N) is 2. The molecule has 3 rings (SSSR count). The zero-order valence-electron chi connectivity index (χ0n) is 14.4. The molecule has 2 aromatic carbocycles. The Balaban J connectivity index is 1.59. The number of aromatic nitrogens is 2. The second-order valence-electron chi connectivity index (χ2n) is 5.90. The topological polar surface area (TPSA) is 66.9 Å². The summed E-state index contributed by atoms with van der Waals surface area (Å²) in [5.41, 5.74) is 3.40. The first-order valence-electron chi connectivity index (χ1n) is 8.29. The summed E-state index contributed by atoms with van der Waals surface area (Å²) in [4.78, 5) is 20.8. The molecule has 1 amide bonds. The highest BCUT2D eigenvalue weighted by molar-refractivity contribution is 6.30. The normalized spacial score (nSPS) is 10.4. The first-order valence-corrected chi connectivity index (χ1v) is 8.67. The van der Waals surface area contributed by atoms with E-state index in [2.05, 4.69) is 20.6 Å². The predicted molar refractivity (Wildman–Crippen MR) is 104 cm³/mol. The van der Waals surface area contributed by atoms with Gasteiger partial charge in [-0.15, -0.1) is 0 Å². The molecular weight excluding hydrogens is 348 g/mol. The predicted octanol–water partition coefficient (Wildman–Crippen LogP) is 4.15. The van der Waals surface area contributed by atoms with E-state index in [1.165, 1.54) is 0 Å². The summed E-state index contributed by atoms with van der Waals surface area (Å²) in [6, 6.07) is 17.1. The number of hydrogen-bond acceptors (Lipinski definition) is 4. The van der Waals surface area contributed by atoms with E-state index < -0.39 is 0 Å². The van der Waals surface area contributed by atoms with E-state index in [0.29, 0.717) is 29.6 Å². The van der Waals surface area contributed by atoms with Gasteiger partial charge < -0.3 is 10.6 Å². The van der Waals surface area contributed by atoms with Crippen molar-refractivity contribution < 1.29 is 4.79 Å². The van der Waals surface area contributed by atoms with Gasteiger partial charge in [-0.05, 0) is 54.8 Å². The van der Waals surface area contributed by atoms with Crippen LogP contribution in [0.2, 0.25) is 5.02 Å². The van der Waals surface area contributed by atoms with Crippen LogP contribution in [-0.2, 0) is 6.42 Å². The van der Waals surface area contributed by atoms with Crippen LogP contribution in [0.4, 0.5) is 11.6 Å². The highest BCUT2D eigenvalue weighted by atomic mass is 35.5. The summed E-state index contributed by atoms with van der Waals surface area (Å²) >= 11 is 5.96. The van der Waals surface area contributed by atoms with Gasteiger partial charge in [0.05, 0.1) is 0 Å². The Bertz CT molecular complexity index is 914. The molecule has 0 spiro atoms. The molecule has 0 radical (unpaired) electrons. The Morgan fingerprint density at radius 3 is 2.77 bits per heavy atom. The number of nitrogens with zero attached hydrogens (tertiary/aromatic N) is 2. The molecule has 6 heteroatoms. The Morgan fingerprint density at radius 1 is 1.12 bits per heavy atom. The molecule has 0 saturated carbocycles. The summed E-state index contributed by atoms with van der Waals surface area (Å²) in [6.45, 7) is 2.51. The molecule has 0 fully saturated rings. The van der Waals surface area contributed by atoms with E-state index in [0.717, 1.165) is 16.8 Å². The van der Waals surface area contributed by atoms with E-state index >= 15 is 0 Å². The van der Waals surface area contributed by atoms with Gasteiger partial charge in [-0.3, -0.25) is 4.79 Å². The van der Waals surface area contributed by atoms with Crippen LogP contribution in [0.3, 0.4) is 0 Å². The molecule has 0 aliphatic carbocycles. The van der Waals surface area contributed by atoms with Crippen molar-refractivity contribution in [1.29, 1.82) is 0 Å². The lowest BCUT2D eigenvalue weighted by Gasteiger charge is -2.08. The third-order valence-corrected chi connectivity index (χ3v) is 3.99. The number of rotatable bonds is 6. The monoisotopic (exact) mass is 366 g/mol. The van der Waals surface area contributed by atoms with Gasteiger partial charge in [0, 0.05) is 23.5 Å². The third-order valence-electron chi connectivity index (χ3n) is 3.75. The molecule has 0 bridgehead atoms. The quantitative estimate of drug-likeness (QED) is 0.687. The minimum Gasteiger partial charge on any atom is -0.350 e. The Kier molecular flexibility index (Phi) is 5.81. The van der Waals surface area contributed by atoms with Gasteiger partial charge in [0.15, 0.2) is 0 Å². The van der Waals surface area contributed by atoms with Crippen molar-refractivity contribution in [3.05, 3.63) is 82.6 Å². The van der Waals surface area contributed by atoms with Crippen molar-refractivity contribution >= 4 is 29.1 Å². The van der Waals surface area contributed by atoms with E-state index in [9.17, 15) is 4.79 Å². The van der Waals surface area contributed by atoms with Crippen molar-refractivity contribution in [1.82, 2.24) is 15.3 Å². The number of carbonyl (C=O) groups is 1. The van der Waals surface area contributed by atoms with Gasteiger partial charge in [0.1, 0.15) is 5.69 Å². The van der Waals surface area contributed by atoms with Crippen LogP contribution in [0.15, 0.2) is 60.8 Å². The van der Waals surface area contributed by atoms with Crippen LogP contribution in [0, 0.1) is 6.92 Å². The van der Waals surface area contributed by atoms with Gasteiger partial charge in [0.2, 0.25) is 5.95 Å².